The summed E-state index contributed by atoms with van der Waals surface area (Å²) in [6.07, 6.45) is 3.27. The first kappa shape index (κ1) is 16.1. The summed E-state index contributed by atoms with van der Waals surface area (Å²) >= 11 is 2.10. The molecule has 6 heteroatoms. The van der Waals surface area contributed by atoms with Crippen molar-refractivity contribution in [3.63, 3.8) is 0 Å². The second kappa shape index (κ2) is 7.11. The Bertz CT molecular complexity index is 546. The summed E-state index contributed by atoms with van der Waals surface area (Å²) in [4.78, 5) is 25.1. The van der Waals surface area contributed by atoms with Gasteiger partial charge in [0.15, 0.2) is 0 Å². The zero-order chi connectivity index (χ0) is 15.4. The van der Waals surface area contributed by atoms with Gasteiger partial charge in [-0.1, -0.05) is 0 Å². The van der Waals surface area contributed by atoms with Crippen molar-refractivity contribution in [1.29, 1.82) is 0 Å². The lowest BCUT2D eigenvalue weighted by molar-refractivity contribution is -0.137. The lowest BCUT2D eigenvalue weighted by Gasteiger charge is -2.36. The molecule has 1 fully saturated rings. The molecule has 1 saturated heterocycles. The van der Waals surface area contributed by atoms with Crippen LogP contribution in [0.4, 0.5) is 0 Å². The summed E-state index contributed by atoms with van der Waals surface area (Å²) in [6.45, 7) is 0.619. The fourth-order valence-electron chi connectivity index (χ4n) is 2.69. The Hall–Kier alpha value is -1.31. The summed E-state index contributed by atoms with van der Waals surface area (Å²) in [5.74, 6) is -1.07. The van der Waals surface area contributed by atoms with Crippen LogP contribution >= 0.6 is 22.6 Å². The van der Waals surface area contributed by atoms with Crippen molar-refractivity contribution in [1.82, 2.24) is 4.90 Å². The Labute approximate surface area is 137 Å². The van der Waals surface area contributed by atoms with Crippen LogP contribution < -0.4 is 0 Å². The van der Waals surface area contributed by atoms with Crippen molar-refractivity contribution >= 4 is 34.5 Å². The molecule has 0 radical (unpaired) electrons. The number of hydrogen-bond donors (Lipinski definition) is 2. The SMILES string of the molecule is O=C(O)CCC1CCCCN1C(=O)c1cc(I)ccc1O. The highest BCUT2D eigenvalue weighted by Gasteiger charge is 2.29. The molecule has 1 heterocycles. The van der Waals surface area contributed by atoms with Crippen LogP contribution in [0, 0.1) is 3.57 Å². The minimum Gasteiger partial charge on any atom is -0.507 e. The summed E-state index contributed by atoms with van der Waals surface area (Å²) in [7, 11) is 0. The van der Waals surface area contributed by atoms with Crippen LogP contribution in [-0.2, 0) is 4.79 Å². The van der Waals surface area contributed by atoms with E-state index in [2.05, 4.69) is 22.6 Å². The first-order chi connectivity index (χ1) is 9.99. The smallest absolute Gasteiger partial charge is 0.303 e. The molecule has 0 saturated carbocycles. The van der Waals surface area contributed by atoms with Gasteiger partial charge in [-0.3, -0.25) is 9.59 Å². The van der Waals surface area contributed by atoms with E-state index in [4.69, 9.17) is 5.11 Å². The Morgan fingerprint density at radius 1 is 1.33 bits per heavy atom. The highest BCUT2D eigenvalue weighted by molar-refractivity contribution is 14.1. The molecule has 0 aromatic heterocycles. The Morgan fingerprint density at radius 3 is 2.81 bits per heavy atom. The molecule has 0 aliphatic carbocycles. The van der Waals surface area contributed by atoms with Gasteiger partial charge in [-0.25, -0.2) is 0 Å². The minimum absolute atomic E-state index is 0.0250. The highest BCUT2D eigenvalue weighted by atomic mass is 127. The van der Waals surface area contributed by atoms with Crippen molar-refractivity contribution in [3.05, 3.63) is 27.3 Å². The number of halogens is 1. The topological polar surface area (TPSA) is 77.8 Å². The number of aliphatic carboxylic acids is 1. The summed E-state index contributed by atoms with van der Waals surface area (Å²) < 4.78 is 0.882. The summed E-state index contributed by atoms with van der Waals surface area (Å²) in [6, 6.07) is 4.87. The van der Waals surface area contributed by atoms with E-state index in [1.54, 1.807) is 17.0 Å². The summed E-state index contributed by atoms with van der Waals surface area (Å²) in [5, 5.41) is 18.7. The zero-order valence-corrected chi connectivity index (χ0v) is 13.7. The summed E-state index contributed by atoms with van der Waals surface area (Å²) in [5.41, 5.74) is 0.295. The number of carboxylic acids is 1. The fourth-order valence-corrected chi connectivity index (χ4v) is 3.18. The number of benzene rings is 1. The predicted molar refractivity (Wildman–Crippen MR) is 86.4 cm³/mol. The second-order valence-corrected chi connectivity index (χ2v) is 6.49. The molecular formula is C15H18INO4. The number of nitrogens with zero attached hydrogens (tertiary/aromatic N) is 1. The maximum atomic E-state index is 12.6. The lowest BCUT2D eigenvalue weighted by Crippen LogP contribution is -2.44. The number of hydrogen-bond acceptors (Lipinski definition) is 3. The maximum absolute atomic E-state index is 12.6. The molecule has 1 aliphatic heterocycles. The molecule has 1 aliphatic rings. The number of phenolic OH excluding ortho intramolecular Hbond substituents is 1. The van der Waals surface area contributed by atoms with E-state index < -0.39 is 5.97 Å². The lowest BCUT2D eigenvalue weighted by atomic mass is 9.96. The number of piperidine rings is 1. The van der Waals surface area contributed by atoms with Crippen LogP contribution in [-0.4, -0.2) is 39.6 Å². The van der Waals surface area contributed by atoms with Crippen molar-refractivity contribution in [2.45, 2.75) is 38.1 Å². The van der Waals surface area contributed by atoms with Crippen LogP contribution in [0.2, 0.25) is 0 Å². The highest BCUT2D eigenvalue weighted by Crippen LogP contribution is 2.27. The minimum atomic E-state index is -0.843. The Morgan fingerprint density at radius 2 is 2.10 bits per heavy atom. The molecule has 21 heavy (non-hydrogen) atoms. The third-order valence-corrected chi connectivity index (χ3v) is 4.44. The molecule has 1 aromatic rings. The quantitative estimate of drug-likeness (QED) is 0.759. The second-order valence-electron chi connectivity index (χ2n) is 5.24. The number of amides is 1. The monoisotopic (exact) mass is 403 g/mol. The van der Waals surface area contributed by atoms with Gasteiger partial charge in [-0.05, 0) is 66.5 Å². The molecule has 2 rings (SSSR count). The number of carbonyl (C=O) groups is 2. The molecule has 114 valence electrons. The largest absolute Gasteiger partial charge is 0.507 e. The standard InChI is InChI=1S/C15H18INO4/c16-10-4-6-13(18)12(9-10)15(21)17-8-2-1-3-11(17)5-7-14(19)20/h4,6,9,11,18H,1-3,5,7-8H2,(H,19,20). The Kier molecular flexibility index (Phi) is 5.44. The number of rotatable bonds is 4. The van der Waals surface area contributed by atoms with E-state index in [1.807, 2.05) is 0 Å². The van der Waals surface area contributed by atoms with Crippen LogP contribution in [0.25, 0.3) is 0 Å². The van der Waals surface area contributed by atoms with Crippen molar-refractivity contribution in [2.24, 2.45) is 0 Å². The molecule has 0 bridgehead atoms. The van der Waals surface area contributed by atoms with Gasteiger partial charge in [0.1, 0.15) is 5.75 Å². The molecule has 5 nitrogen and oxygen atoms in total. The number of phenols is 1. The molecular weight excluding hydrogens is 385 g/mol. The van der Waals surface area contributed by atoms with E-state index >= 15 is 0 Å². The first-order valence-electron chi connectivity index (χ1n) is 7.00. The average Bonchev–Trinajstić information content (AvgIpc) is 2.47. The molecule has 1 atom stereocenters. The first-order valence-corrected chi connectivity index (χ1v) is 8.08. The van der Waals surface area contributed by atoms with Gasteiger partial charge in [0, 0.05) is 22.6 Å². The van der Waals surface area contributed by atoms with Crippen molar-refractivity contribution in [2.75, 3.05) is 6.54 Å². The molecule has 0 spiro atoms. The van der Waals surface area contributed by atoms with Gasteiger partial charge < -0.3 is 15.1 Å². The molecule has 1 aromatic carbocycles. The van der Waals surface area contributed by atoms with E-state index in [0.717, 1.165) is 22.8 Å². The van der Waals surface area contributed by atoms with Crippen molar-refractivity contribution in [3.8, 4) is 5.75 Å². The number of carboxylic acid groups (broad SMARTS) is 1. The molecule has 1 unspecified atom stereocenters. The Balaban J connectivity index is 2.18. The third kappa shape index (κ3) is 4.09. The van der Waals surface area contributed by atoms with E-state index in [0.29, 0.717) is 18.5 Å². The third-order valence-electron chi connectivity index (χ3n) is 3.77. The van der Waals surface area contributed by atoms with Crippen LogP contribution in [0.15, 0.2) is 18.2 Å². The van der Waals surface area contributed by atoms with Gasteiger partial charge in [0.05, 0.1) is 5.56 Å². The van der Waals surface area contributed by atoms with Crippen LogP contribution in [0.1, 0.15) is 42.5 Å². The predicted octanol–water partition coefficient (Wildman–Crippen LogP) is 2.86. The van der Waals surface area contributed by atoms with Gasteiger partial charge in [0.25, 0.3) is 5.91 Å². The van der Waals surface area contributed by atoms with Gasteiger partial charge in [0.2, 0.25) is 0 Å². The van der Waals surface area contributed by atoms with Gasteiger partial charge in [-0.15, -0.1) is 0 Å². The van der Waals surface area contributed by atoms with E-state index in [1.165, 1.54) is 6.07 Å². The van der Waals surface area contributed by atoms with Crippen LogP contribution in [0.3, 0.4) is 0 Å². The van der Waals surface area contributed by atoms with Crippen LogP contribution in [0.5, 0.6) is 5.75 Å². The zero-order valence-electron chi connectivity index (χ0n) is 11.6. The average molecular weight is 403 g/mol. The molecule has 1 amide bonds. The fraction of sp³-hybridized carbons (Fsp3) is 0.467. The molecule has 2 N–H and O–H groups in total. The van der Waals surface area contributed by atoms with Gasteiger partial charge in [-0.2, -0.15) is 0 Å². The normalized spacial score (nSPS) is 18.5. The van der Waals surface area contributed by atoms with Gasteiger partial charge >= 0.3 is 5.97 Å². The maximum Gasteiger partial charge on any atom is 0.303 e. The van der Waals surface area contributed by atoms with E-state index in [-0.39, 0.29) is 24.1 Å². The van der Waals surface area contributed by atoms with Crippen molar-refractivity contribution < 1.29 is 19.8 Å². The number of aromatic hydroxyl groups is 1. The number of carbonyl (C=O) groups excluding carboxylic acids is 1. The van der Waals surface area contributed by atoms with E-state index in [9.17, 15) is 14.7 Å². The number of likely N-dealkylation sites (tertiary alicyclic amines) is 1.